The molecule has 1 aromatic rings. The molecule has 3 rings (SSSR count). The van der Waals surface area contributed by atoms with Gasteiger partial charge in [-0.25, -0.2) is 0 Å². The fourth-order valence-corrected chi connectivity index (χ4v) is 3.99. The number of nitrogens with two attached hydrogens (primary N) is 1. The van der Waals surface area contributed by atoms with Gasteiger partial charge in [0.2, 0.25) is 11.8 Å². The minimum Gasteiger partial charge on any atom is -0.369 e. The largest absolute Gasteiger partial charge is 0.369 e. The molecule has 1 fully saturated rings. The van der Waals surface area contributed by atoms with Crippen molar-refractivity contribution in [3.8, 4) is 0 Å². The maximum Gasteiger partial charge on any atom is 0.250 e. The van der Waals surface area contributed by atoms with Crippen molar-refractivity contribution in [3.05, 3.63) is 24.3 Å². The number of carbonyl (C=O) groups is 3. The summed E-state index contributed by atoms with van der Waals surface area (Å²) in [7, 11) is 0. The summed E-state index contributed by atoms with van der Waals surface area (Å²) < 4.78 is 0. The molecule has 140 valence electrons. The van der Waals surface area contributed by atoms with E-state index in [-0.39, 0.29) is 30.9 Å². The zero-order valence-corrected chi connectivity index (χ0v) is 15.3. The highest BCUT2D eigenvalue weighted by molar-refractivity contribution is 6.15. The molecular weight excluding hydrogens is 332 g/mol. The average Bonchev–Trinajstić information content (AvgIpc) is 3.05. The third kappa shape index (κ3) is 3.19. The number of nitrogens with one attached hydrogen (secondary N) is 1. The zero-order valence-electron chi connectivity index (χ0n) is 15.3. The standard InChI is InChI=1S/C19H26N4O3/c1-13(2)22(11-16(20)24)12-17(25)23-15-8-4-3-7-14(15)21-18(26)19(23)9-5-6-10-19/h3-4,7-8,13H,5-6,9-12H2,1-2H3,(H2,20,24)(H,21,26). The molecule has 3 amide bonds. The molecule has 1 aliphatic heterocycles. The Kier molecular flexibility index (Phi) is 5.00. The number of carbonyl (C=O) groups excluding carboxylic acids is 3. The highest BCUT2D eigenvalue weighted by Gasteiger charge is 2.52. The Balaban J connectivity index is 1.97. The van der Waals surface area contributed by atoms with Crippen molar-refractivity contribution in [2.75, 3.05) is 23.3 Å². The van der Waals surface area contributed by atoms with Crippen LogP contribution in [0.15, 0.2) is 24.3 Å². The quantitative estimate of drug-likeness (QED) is 0.833. The molecular formula is C19H26N4O3. The van der Waals surface area contributed by atoms with E-state index in [0.717, 1.165) is 18.5 Å². The van der Waals surface area contributed by atoms with Gasteiger partial charge in [-0.1, -0.05) is 25.0 Å². The van der Waals surface area contributed by atoms with Crippen LogP contribution in [-0.2, 0) is 14.4 Å². The van der Waals surface area contributed by atoms with Gasteiger partial charge >= 0.3 is 0 Å². The molecule has 1 aromatic carbocycles. The molecule has 0 atom stereocenters. The van der Waals surface area contributed by atoms with E-state index >= 15 is 0 Å². The van der Waals surface area contributed by atoms with Gasteiger partial charge in [-0.2, -0.15) is 0 Å². The van der Waals surface area contributed by atoms with Crippen LogP contribution in [0.1, 0.15) is 39.5 Å². The fraction of sp³-hybridized carbons (Fsp3) is 0.526. The van der Waals surface area contributed by atoms with Gasteiger partial charge in [0.25, 0.3) is 5.91 Å². The summed E-state index contributed by atoms with van der Waals surface area (Å²) in [5.74, 6) is -0.768. The number of hydrogen-bond acceptors (Lipinski definition) is 4. The molecule has 1 saturated carbocycles. The van der Waals surface area contributed by atoms with Gasteiger partial charge in [-0.3, -0.25) is 24.2 Å². The van der Waals surface area contributed by atoms with Crippen molar-refractivity contribution in [1.29, 1.82) is 0 Å². The predicted molar refractivity (Wildman–Crippen MR) is 99.7 cm³/mol. The highest BCUT2D eigenvalue weighted by Crippen LogP contribution is 2.45. The summed E-state index contributed by atoms with van der Waals surface area (Å²) in [4.78, 5) is 41.0. The third-order valence-electron chi connectivity index (χ3n) is 5.35. The molecule has 0 saturated heterocycles. The number of primary amides is 1. The van der Waals surface area contributed by atoms with Crippen molar-refractivity contribution in [3.63, 3.8) is 0 Å². The Morgan fingerprint density at radius 3 is 2.50 bits per heavy atom. The van der Waals surface area contributed by atoms with E-state index in [2.05, 4.69) is 5.32 Å². The van der Waals surface area contributed by atoms with E-state index in [4.69, 9.17) is 5.73 Å². The molecule has 7 nitrogen and oxygen atoms in total. The van der Waals surface area contributed by atoms with E-state index in [1.165, 1.54) is 0 Å². The van der Waals surface area contributed by atoms with Crippen molar-refractivity contribution in [2.24, 2.45) is 5.73 Å². The van der Waals surface area contributed by atoms with E-state index in [1.807, 2.05) is 32.0 Å². The number of anilines is 2. The van der Waals surface area contributed by atoms with Crippen LogP contribution in [0.3, 0.4) is 0 Å². The van der Waals surface area contributed by atoms with Crippen LogP contribution in [0.25, 0.3) is 0 Å². The van der Waals surface area contributed by atoms with Crippen LogP contribution in [0, 0.1) is 0 Å². The fourth-order valence-electron chi connectivity index (χ4n) is 3.99. The Labute approximate surface area is 153 Å². The third-order valence-corrected chi connectivity index (χ3v) is 5.35. The van der Waals surface area contributed by atoms with Crippen molar-refractivity contribution < 1.29 is 14.4 Å². The molecule has 2 aliphatic rings. The van der Waals surface area contributed by atoms with Gasteiger partial charge < -0.3 is 11.1 Å². The number of rotatable bonds is 5. The molecule has 0 unspecified atom stereocenters. The lowest BCUT2D eigenvalue weighted by atomic mass is 9.89. The normalized spacial score (nSPS) is 18.3. The number of amides is 3. The lowest BCUT2D eigenvalue weighted by Crippen LogP contribution is -2.62. The van der Waals surface area contributed by atoms with Crippen LogP contribution in [0.4, 0.5) is 11.4 Å². The summed E-state index contributed by atoms with van der Waals surface area (Å²) in [5.41, 5.74) is 5.87. The first kappa shape index (κ1) is 18.4. The van der Waals surface area contributed by atoms with Crippen molar-refractivity contribution in [1.82, 2.24) is 4.90 Å². The molecule has 1 spiro atoms. The molecule has 7 heteroatoms. The number of fused-ring (bicyclic) bond motifs is 1. The van der Waals surface area contributed by atoms with Crippen LogP contribution in [0.5, 0.6) is 0 Å². The van der Waals surface area contributed by atoms with Crippen molar-refractivity contribution >= 4 is 29.1 Å². The Morgan fingerprint density at radius 1 is 1.23 bits per heavy atom. The van der Waals surface area contributed by atoms with Gasteiger partial charge in [0.1, 0.15) is 5.54 Å². The number of benzene rings is 1. The molecule has 1 aliphatic carbocycles. The molecule has 0 bridgehead atoms. The minimum atomic E-state index is -0.833. The average molecular weight is 358 g/mol. The Hall–Kier alpha value is -2.41. The van der Waals surface area contributed by atoms with Gasteiger partial charge in [-0.05, 0) is 38.8 Å². The van der Waals surface area contributed by atoms with Crippen LogP contribution in [0.2, 0.25) is 0 Å². The number of para-hydroxylation sites is 2. The smallest absolute Gasteiger partial charge is 0.250 e. The van der Waals surface area contributed by atoms with Gasteiger partial charge in [0.15, 0.2) is 0 Å². The molecule has 3 N–H and O–H groups in total. The van der Waals surface area contributed by atoms with E-state index < -0.39 is 11.4 Å². The predicted octanol–water partition coefficient (Wildman–Crippen LogP) is 1.48. The lowest BCUT2D eigenvalue weighted by molar-refractivity contribution is -0.129. The van der Waals surface area contributed by atoms with Gasteiger partial charge in [-0.15, -0.1) is 0 Å². The van der Waals surface area contributed by atoms with Crippen LogP contribution in [-0.4, -0.2) is 47.3 Å². The maximum absolute atomic E-state index is 13.3. The second kappa shape index (κ2) is 7.07. The minimum absolute atomic E-state index is 0.0120. The highest BCUT2D eigenvalue weighted by atomic mass is 16.2. The SMILES string of the molecule is CC(C)N(CC(N)=O)CC(=O)N1c2ccccc2NC(=O)C12CCCC2. The molecule has 0 radical (unpaired) electrons. The van der Waals surface area contributed by atoms with E-state index in [1.54, 1.807) is 15.9 Å². The number of hydrogen-bond donors (Lipinski definition) is 2. The van der Waals surface area contributed by atoms with Crippen molar-refractivity contribution in [2.45, 2.75) is 51.1 Å². The van der Waals surface area contributed by atoms with Crippen LogP contribution >= 0.6 is 0 Å². The summed E-state index contributed by atoms with van der Waals surface area (Å²) in [6.07, 6.45) is 3.12. The summed E-state index contributed by atoms with van der Waals surface area (Å²) in [6.45, 7) is 3.89. The van der Waals surface area contributed by atoms with Gasteiger partial charge in [0, 0.05) is 6.04 Å². The molecule has 1 heterocycles. The molecule has 26 heavy (non-hydrogen) atoms. The summed E-state index contributed by atoms with van der Waals surface area (Å²) in [5, 5.41) is 2.97. The topological polar surface area (TPSA) is 95.7 Å². The van der Waals surface area contributed by atoms with Gasteiger partial charge in [0.05, 0.1) is 24.5 Å². The molecule has 0 aromatic heterocycles. The zero-order chi connectivity index (χ0) is 18.9. The first-order valence-electron chi connectivity index (χ1n) is 9.11. The second-order valence-corrected chi connectivity index (χ2v) is 7.40. The maximum atomic E-state index is 13.3. The van der Waals surface area contributed by atoms with E-state index in [0.29, 0.717) is 18.5 Å². The van der Waals surface area contributed by atoms with E-state index in [9.17, 15) is 14.4 Å². The van der Waals surface area contributed by atoms with Crippen LogP contribution < -0.4 is 16.0 Å². The number of nitrogens with zero attached hydrogens (tertiary/aromatic N) is 2. The second-order valence-electron chi connectivity index (χ2n) is 7.40. The lowest BCUT2D eigenvalue weighted by Gasteiger charge is -2.45. The Morgan fingerprint density at radius 2 is 1.88 bits per heavy atom. The Bertz CT molecular complexity index is 725. The summed E-state index contributed by atoms with van der Waals surface area (Å²) >= 11 is 0. The first-order valence-corrected chi connectivity index (χ1v) is 9.11. The monoisotopic (exact) mass is 358 g/mol. The summed E-state index contributed by atoms with van der Waals surface area (Å²) in [6, 6.07) is 7.35. The first-order chi connectivity index (χ1) is 12.3.